The van der Waals surface area contributed by atoms with Crippen LogP contribution in [0.1, 0.15) is 48.2 Å². The van der Waals surface area contributed by atoms with Gasteiger partial charge in [-0.05, 0) is 31.6 Å². The molecule has 1 aliphatic heterocycles. The maximum atomic E-state index is 12.9. The molecule has 0 aromatic carbocycles. The number of nitrogen functional groups attached to an aromatic ring is 1. The molecule has 1 aromatic heterocycles. The van der Waals surface area contributed by atoms with Crippen LogP contribution < -0.4 is 10.6 Å². The van der Waals surface area contributed by atoms with Crippen molar-refractivity contribution in [1.29, 1.82) is 0 Å². The number of hydrogen-bond donors (Lipinski definition) is 1. The van der Waals surface area contributed by atoms with Crippen LogP contribution in [0, 0.1) is 5.92 Å². The van der Waals surface area contributed by atoms with E-state index in [2.05, 4.69) is 9.88 Å². The van der Waals surface area contributed by atoms with E-state index in [-0.39, 0.29) is 5.91 Å². The normalized spacial score (nSPS) is 25.5. The fourth-order valence-electron chi connectivity index (χ4n) is 3.67. The van der Waals surface area contributed by atoms with Crippen LogP contribution in [0.4, 0.5) is 10.9 Å². The molecule has 1 saturated heterocycles. The first-order chi connectivity index (χ1) is 10.1. The number of nitrogens with zero attached hydrogens (tertiary/aromatic N) is 3. The van der Waals surface area contributed by atoms with E-state index >= 15 is 0 Å². The van der Waals surface area contributed by atoms with Gasteiger partial charge in [0.2, 0.25) is 0 Å². The summed E-state index contributed by atoms with van der Waals surface area (Å²) in [5, 5.41) is 0.799. The summed E-state index contributed by atoms with van der Waals surface area (Å²) in [5.74, 6) is 1.17. The second kappa shape index (κ2) is 5.83. The molecule has 2 N–H and O–H groups in total. The average Bonchev–Trinajstić information content (AvgIpc) is 2.88. The lowest BCUT2D eigenvalue weighted by molar-refractivity contribution is 0.0396. The molecule has 1 saturated carbocycles. The van der Waals surface area contributed by atoms with Crippen molar-refractivity contribution in [2.75, 3.05) is 31.3 Å². The van der Waals surface area contributed by atoms with Gasteiger partial charge < -0.3 is 15.5 Å². The number of aromatic nitrogens is 1. The average molecular weight is 308 g/mol. The molecular formula is C15H24N4OS. The first-order valence-electron chi connectivity index (χ1n) is 7.82. The highest BCUT2D eigenvalue weighted by molar-refractivity contribution is 7.18. The predicted molar refractivity (Wildman–Crippen MR) is 86.9 cm³/mol. The first kappa shape index (κ1) is 14.6. The molecule has 1 aliphatic carbocycles. The zero-order valence-electron chi connectivity index (χ0n) is 12.8. The monoisotopic (exact) mass is 308 g/mol. The quantitative estimate of drug-likeness (QED) is 0.912. The van der Waals surface area contributed by atoms with Gasteiger partial charge in [0.05, 0.1) is 0 Å². The summed E-state index contributed by atoms with van der Waals surface area (Å²) in [6.07, 6.45) is 7.37. The molecule has 1 amide bonds. The SMILES string of the molecule is CN(C)c1nc(N)c(C(=O)N2CCCC3CCCCC32)s1. The number of anilines is 2. The number of thiazole rings is 1. The maximum Gasteiger partial charge on any atom is 0.268 e. The molecule has 6 heteroatoms. The van der Waals surface area contributed by atoms with Gasteiger partial charge in [0, 0.05) is 26.7 Å². The van der Waals surface area contributed by atoms with E-state index in [0.29, 0.717) is 22.7 Å². The largest absolute Gasteiger partial charge is 0.382 e. The van der Waals surface area contributed by atoms with Crippen LogP contribution in [0.5, 0.6) is 0 Å². The highest BCUT2D eigenvalue weighted by Crippen LogP contribution is 2.37. The molecule has 0 bridgehead atoms. The van der Waals surface area contributed by atoms with Gasteiger partial charge in [0.25, 0.3) is 5.91 Å². The minimum Gasteiger partial charge on any atom is -0.382 e. The van der Waals surface area contributed by atoms with Gasteiger partial charge in [-0.2, -0.15) is 0 Å². The number of fused-ring (bicyclic) bond motifs is 1. The van der Waals surface area contributed by atoms with Crippen molar-refractivity contribution in [2.45, 2.75) is 44.6 Å². The van der Waals surface area contributed by atoms with Gasteiger partial charge in [-0.3, -0.25) is 4.79 Å². The van der Waals surface area contributed by atoms with E-state index in [4.69, 9.17) is 5.73 Å². The summed E-state index contributed by atoms with van der Waals surface area (Å²) in [7, 11) is 3.84. The maximum absolute atomic E-state index is 12.9. The molecule has 1 aromatic rings. The van der Waals surface area contributed by atoms with Crippen molar-refractivity contribution < 1.29 is 4.79 Å². The van der Waals surface area contributed by atoms with Crippen molar-refractivity contribution in [1.82, 2.24) is 9.88 Å². The Labute approximate surface area is 130 Å². The summed E-state index contributed by atoms with van der Waals surface area (Å²) >= 11 is 1.41. The minimum absolute atomic E-state index is 0.0923. The standard InChI is InChI=1S/C15H24N4OS/c1-18(2)15-17-13(16)12(21-15)14(20)19-9-5-7-10-6-3-4-8-11(10)19/h10-11H,3-9,16H2,1-2H3. The van der Waals surface area contributed by atoms with Crippen LogP contribution in [0.15, 0.2) is 0 Å². The Morgan fingerprint density at radius 3 is 2.71 bits per heavy atom. The zero-order chi connectivity index (χ0) is 15.0. The summed E-state index contributed by atoms with van der Waals surface area (Å²) < 4.78 is 0. The third-order valence-electron chi connectivity index (χ3n) is 4.72. The number of carbonyl (C=O) groups excluding carboxylic acids is 1. The Morgan fingerprint density at radius 2 is 2.00 bits per heavy atom. The molecule has 2 heterocycles. The lowest BCUT2D eigenvalue weighted by Crippen LogP contribution is -2.49. The summed E-state index contributed by atoms with van der Waals surface area (Å²) in [4.78, 5) is 21.8. The van der Waals surface area contributed by atoms with E-state index in [1.54, 1.807) is 0 Å². The van der Waals surface area contributed by atoms with Crippen molar-refractivity contribution in [3.8, 4) is 0 Å². The van der Waals surface area contributed by atoms with E-state index < -0.39 is 0 Å². The summed E-state index contributed by atoms with van der Waals surface area (Å²) in [6.45, 7) is 0.870. The van der Waals surface area contributed by atoms with E-state index in [9.17, 15) is 4.79 Å². The lowest BCUT2D eigenvalue weighted by Gasteiger charge is -2.44. The Bertz CT molecular complexity index is 526. The predicted octanol–water partition coefficient (Wildman–Crippen LogP) is 2.59. The number of carbonyl (C=O) groups is 1. The van der Waals surface area contributed by atoms with Crippen LogP contribution in [-0.4, -0.2) is 42.5 Å². The Balaban J connectivity index is 1.83. The van der Waals surface area contributed by atoms with Crippen molar-refractivity contribution >= 4 is 28.2 Å². The minimum atomic E-state index is 0.0923. The van der Waals surface area contributed by atoms with Crippen LogP contribution in [0.2, 0.25) is 0 Å². The first-order valence-corrected chi connectivity index (χ1v) is 8.64. The number of hydrogen-bond acceptors (Lipinski definition) is 5. The zero-order valence-corrected chi connectivity index (χ0v) is 13.7. The molecule has 2 fully saturated rings. The van der Waals surface area contributed by atoms with E-state index in [1.165, 1.54) is 37.0 Å². The number of piperidine rings is 1. The number of likely N-dealkylation sites (tertiary alicyclic amines) is 1. The van der Waals surface area contributed by atoms with Crippen LogP contribution in [-0.2, 0) is 0 Å². The molecule has 116 valence electrons. The van der Waals surface area contributed by atoms with Crippen molar-refractivity contribution in [2.24, 2.45) is 5.92 Å². The van der Waals surface area contributed by atoms with Crippen LogP contribution >= 0.6 is 11.3 Å². The topological polar surface area (TPSA) is 62.5 Å². The fourth-order valence-corrected chi connectivity index (χ4v) is 4.54. The van der Waals surface area contributed by atoms with Gasteiger partial charge in [-0.15, -0.1) is 0 Å². The molecule has 2 aliphatic rings. The molecule has 0 spiro atoms. The molecular weight excluding hydrogens is 284 g/mol. The van der Waals surface area contributed by atoms with Gasteiger partial charge in [0.15, 0.2) is 5.13 Å². The molecule has 5 nitrogen and oxygen atoms in total. The van der Waals surface area contributed by atoms with Gasteiger partial charge in [0.1, 0.15) is 10.7 Å². The summed E-state index contributed by atoms with van der Waals surface area (Å²) in [5.41, 5.74) is 5.98. The van der Waals surface area contributed by atoms with Crippen molar-refractivity contribution in [3.63, 3.8) is 0 Å². The molecule has 2 atom stereocenters. The lowest BCUT2D eigenvalue weighted by atomic mass is 9.78. The third-order valence-corrected chi connectivity index (χ3v) is 5.95. The van der Waals surface area contributed by atoms with Gasteiger partial charge in [-0.1, -0.05) is 24.2 Å². The smallest absolute Gasteiger partial charge is 0.268 e. The Kier molecular flexibility index (Phi) is 4.06. The van der Waals surface area contributed by atoms with Crippen molar-refractivity contribution in [3.05, 3.63) is 4.88 Å². The second-order valence-corrected chi connectivity index (χ2v) is 7.34. The van der Waals surface area contributed by atoms with E-state index in [0.717, 1.165) is 24.5 Å². The third kappa shape index (κ3) is 2.73. The Hall–Kier alpha value is -1.30. The highest BCUT2D eigenvalue weighted by Gasteiger charge is 2.37. The molecule has 0 radical (unpaired) electrons. The number of amides is 1. The second-order valence-electron chi connectivity index (χ2n) is 6.36. The molecule has 21 heavy (non-hydrogen) atoms. The van der Waals surface area contributed by atoms with Gasteiger partial charge in [-0.25, -0.2) is 4.98 Å². The number of rotatable bonds is 2. The van der Waals surface area contributed by atoms with Crippen LogP contribution in [0.3, 0.4) is 0 Å². The Morgan fingerprint density at radius 1 is 1.29 bits per heavy atom. The fraction of sp³-hybridized carbons (Fsp3) is 0.733. The summed E-state index contributed by atoms with van der Waals surface area (Å²) in [6, 6.07) is 0.421. The van der Waals surface area contributed by atoms with E-state index in [1.807, 2.05) is 19.0 Å². The molecule has 3 rings (SSSR count). The highest BCUT2D eigenvalue weighted by atomic mass is 32.1. The number of nitrogens with two attached hydrogens (primary N) is 1. The van der Waals surface area contributed by atoms with Gasteiger partial charge >= 0.3 is 0 Å². The molecule has 2 unspecified atom stereocenters. The van der Waals surface area contributed by atoms with Crippen LogP contribution in [0.25, 0.3) is 0 Å².